The Bertz CT molecular complexity index is 479. The van der Waals surface area contributed by atoms with Crippen LogP contribution < -0.4 is 16.4 Å². The summed E-state index contributed by atoms with van der Waals surface area (Å²) in [7, 11) is 1.34. The number of aliphatic hydroxyl groups excluding tert-OH is 1. The zero-order valence-electron chi connectivity index (χ0n) is 15.7. The largest absolute Gasteiger partial charge is 0.466 e. The van der Waals surface area contributed by atoms with Gasteiger partial charge in [0.1, 0.15) is 0 Å². The monoisotopic (exact) mass is 433 g/mol. The quantitative estimate of drug-likeness (QED) is 0.219. The zero-order chi connectivity index (χ0) is 19.4. The van der Waals surface area contributed by atoms with Gasteiger partial charge < -0.3 is 30.9 Å². The van der Waals surface area contributed by atoms with Gasteiger partial charge in [0.15, 0.2) is 0 Å². The molecular formula is C18H32BrN3O4. The van der Waals surface area contributed by atoms with Gasteiger partial charge in [-0.1, -0.05) is 6.92 Å². The van der Waals surface area contributed by atoms with Crippen molar-refractivity contribution >= 4 is 21.9 Å². The van der Waals surface area contributed by atoms with E-state index in [2.05, 4.69) is 33.5 Å². The minimum Gasteiger partial charge on any atom is -0.466 e. The molecule has 150 valence electrons. The molecule has 2 unspecified atom stereocenters. The van der Waals surface area contributed by atoms with Crippen molar-refractivity contribution < 1.29 is 19.4 Å². The fourth-order valence-corrected chi connectivity index (χ4v) is 3.28. The number of carbonyl (C=O) groups excluding carboxylic acids is 1. The summed E-state index contributed by atoms with van der Waals surface area (Å²) >= 11 is 3.26. The van der Waals surface area contributed by atoms with E-state index >= 15 is 0 Å². The van der Waals surface area contributed by atoms with Gasteiger partial charge in [-0.2, -0.15) is 0 Å². The van der Waals surface area contributed by atoms with E-state index in [4.69, 9.17) is 15.2 Å². The normalized spacial score (nSPS) is 19.2. The lowest BCUT2D eigenvalue weighted by molar-refractivity contribution is -0.136. The van der Waals surface area contributed by atoms with Crippen LogP contribution in [0.5, 0.6) is 0 Å². The molecule has 1 heterocycles. The number of nitrogens with two attached hydrogens (primary N) is 1. The number of esters is 1. The number of halogens is 1. The zero-order valence-corrected chi connectivity index (χ0v) is 17.3. The van der Waals surface area contributed by atoms with E-state index in [0.29, 0.717) is 29.2 Å². The van der Waals surface area contributed by atoms with Gasteiger partial charge in [-0.25, -0.2) is 4.79 Å². The van der Waals surface area contributed by atoms with Gasteiger partial charge in [0.25, 0.3) is 0 Å². The van der Waals surface area contributed by atoms with Gasteiger partial charge in [0.05, 0.1) is 12.7 Å². The number of nitrogens with one attached hydrogen (secondary N) is 2. The Balaban J connectivity index is 2.58. The first kappa shape index (κ1) is 23.1. The van der Waals surface area contributed by atoms with Crippen molar-refractivity contribution in [2.75, 3.05) is 40.0 Å². The molecular weight excluding hydrogens is 402 g/mol. The van der Waals surface area contributed by atoms with E-state index in [1.807, 2.05) is 0 Å². The third-order valence-corrected chi connectivity index (χ3v) is 5.05. The molecule has 0 radical (unpaired) electrons. The molecule has 1 fully saturated rings. The first-order valence-corrected chi connectivity index (χ1v) is 9.86. The Labute approximate surface area is 164 Å². The Morgan fingerprint density at radius 2 is 2.15 bits per heavy atom. The predicted molar refractivity (Wildman–Crippen MR) is 106 cm³/mol. The molecule has 1 saturated heterocycles. The van der Waals surface area contributed by atoms with E-state index in [-0.39, 0.29) is 18.6 Å². The summed E-state index contributed by atoms with van der Waals surface area (Å²) in [6.07, 6.45) is 5.91. The van der Waals surface area contributed by atoms with Crippen LogP contribution in [0.2, 0.25) is 0 Å². The van der Waals surface area contributed by atoms with Crippen molar-refractivity contribution in [2.24, 2.45) is 11.7 Å². The van der Waals surface area contributed by atoms with E-state index in [9.17, 15) is 9.90 Å². The molecule has 26 heavy (non-hydrogen) atoms. The molecule has 0 amide bonds. The highest BCUT2D eigenvalue weighted by Crippen LogP contribution is 2.14. The Morgan fingerprint density at radius 1 is 1.46 bits per heavy atom. The van der Waals surface area contributed by atoms with Gasteiger partial charge in [-0.05, 0) is 41.3 Å². The molecule has 1 rings (SSSR count). The van der Waals surface area contributed by atoms with E-state index < -0.39 is 5.97 Å². The Morgan fingerprint density at radius 3 is 2.69 bits per heavy atom. The van der Waals surface area contributed by atoms with Gasteiger partial charge in [-0.15, -0.1) is 0 Å². The molecule has 7 nitrogen and oxygen atoms in total. The van der Waals surface area contributed by atoms with Gasteiger partial charge in [0, 0.05) is 61.6 Å². The van der Waals surface area contributed by atoms with Gasteiger partial charge >= 0.3 is 5.97 Å². The molecule has 0 spiro atoms. The van der Waals surface area contributed by atoms with Crippen molar-refractivity contribution in [1.29, 1.82) is 0 Å². The highest BCUT2D eigenvalue weighted by atomic mass is 79.9. The third kappa shape index (κ3) is 8.18. The average Bonchev–Trinajstić information content (AvgIpc) is 2.68. The number of hydrogen-bond acceptors (Lipinski definition) is 7. The molecule has 1 aliphatic heterocycles. The lowest BCUT2D eigenvalue weighted by atomic mass is 9.95. The summed E-state index contributed by atoms with van der Waals surface area (Å²) in [5, 5.41) is 16.7. The Kier molecular flexibility index (Phi) is 11.8. The number of methoxy groups -OCH3 is 1. The molecule has 0 saturated carbocycles. The minimum absolute atomic E-state index is 0.0511. The molecule has 0 aromatic heterocycles. The predicted octanol–water partition coefficient (Wildman–Crippen LogP) is 1.03. The van der Waals surface area contributed by atoms with Gasteiger partial charge in [0.2, 0.25) is 0 Å². The fraction of sp³-hybridized carbons (Fsp3) is 0.722. The maximum atomic E-state index is 11.9. The molecule has 0 bridgehead atoms. The standard InChI is InChI=1S/C18H32BrN3O4/c1-3-17(22-16-4-6-26-7-5-16)14(12-23)11-21-10-13(18(24)25-2)8-15(19)9-20/h8-9,14,16-17,21-23H,3-7,10-12,20H2,1-2H3/b13-8+,15-9+. The highest BCUT2D eigenvalue weighted by Gasteiger charge is 2.24. The second kappa shape index (κ2) is 13.3. The smallest absolute Gasteiger partial charge is 0.335 e. The second-order valence-corrected chi connectivity index (χ2v) is 7.27. The molecule has 1 aliphatic rings. The summed E-state index contributed by atoms with van der Waals surface area (Å²) in [6.45, 7) is 4.68. The topological polar surface area (TPSA) is 106 Å². The number of aliphatic hydroxyl groups is 1. The molecule has 0 aliphatic carbocycles. The third-order valence-electron chi connectivity index (χ3n) is 4.56. The summed E-state index contributed by atoms with van der Waals surface area (Å²) in [4.78, 5) is 11.9. The van der Waals surface area contributed by atoms with Crippen LogP contribution in [0.4, 0.5) is 0 Å². The van der Waals surface area contributed by atoms with Gasteiger partial charge in [-0.3, -0.25) is 0 Å². The van der Waals surface area contributed by atoms with Crippen LogP contribution in [0.25, 0.3) is 0 Å². The first-order chi connectivity index (χ1) is 12.5. The number of allylic oxidation sites excluding steroid dienone is 2. The van der Waals surface area contributed by atoms with Crippen LogP contribution in [-0.4, -0.2) is 63.2 Å². The van der Waals surface area contributed by atoms with E-state index in [1.165, 1.54) is 13.3 Å². The van der Waals surface area contributed by atoms with Crippen molar-refractivity contribution in [3.63, 3.8) is 0 Å². The minimum atomic E-state index is -0.413. The first-order valence-electron chi connectivity index (χ1n) is 9.07. The number of ether oxygens (including phenoxy) is 2. The number of carbonyl (C=O) groups is 1. The molecule has 0 aromatic rings. The van der Waals surface area contributed by atoms with E-state index in [0.717, 1.165) is 32.5 Å². The van der Waals surface area contributed by atoms with Crippen molar-refractivity contribution in [3.8, 4) is 0 Å². The lowest BCUT2D eigenvalue weighted by Crippen LogP contribution is -2.48. The highest BCUT2D eigenvalue weighted by molar-refractivity contribution is 9.11. The molecule has 5 N–H and O–H groups in total. The Hall–Kier alpha value is -0.930. The molecule has 0 aromatic carbocycles. The number of hydrogen-bond donors (Lipinski definition) is 4. The summed E-state index contributed by atoms with van der Waals surface area (Å²) in [5.74, 6) is -0.362. The fourth-order valence-electron chi connectivity index (χ4n) is 3.01. The average molecular weight is 434 g/mol. The van der Waals surface area contributed by atoms with Crippen LogP contribution in [0, 0.1) is 5.92 Å². The van der Waals surface area contributed by atoms with Crippen molar-refractivity contribution in [2.45, 2.75) is 38.3 Å². The van der Waals surface area contributed by atoms with Crippen LogP contribution in [0.1, 0.15) is 26.2 Å². The van der Waals surface area contributed by atoms with Crippen molar-refractivity contribution in [3.05, 3.63) is 22.3 Å². The summed E-state index contributed by atoms with van der Waals surface area (Å²) < 4.78 is 10.8. The van der Waals surface area contributed by atoms with Crippen LogP contribution in [-0.2, 0) is 14.3 Å². The van der Waals surface area contributed by atoms with Crippen LogP contribution in [0.3, 0.4) is 0 Å². The second-order valence-electron chi connectivity index (χ2n) is 6.35. The maximum Gasteiger partial charge on any atom is 0.335 e. The van der Waals surface area contributed by atoms with Crippen LogP contribution >= 0.6 is 15.9 Å². The van der Waals surface area contributed by atoms with E-state index in [1.54, 1.807) is 6.08 Å². The SMILES string of the molecule is CCC(NC1CCOCC1)C(CO)CNC/C(=C\C(Br)=C/N)C(=O)OC. The summed E-state index contributed by atoms with van der Waals surface area (Å²) in [5.41, 5.74) is 5.89. The van der Waals surface area contributed by atoms with Crippen molar-refractivity contribution in [1.82, 2.24) is 10.6 Å². The number of rotatable bonds is 11. The van der Waals surface area contributed by atoms with Crippen LogP contribution in [0.15, 0.2) is 22.3 Å². The lowest BCUT2D eigenvalue weighted by Gasteiger charge is -2.32. The maximum absolute atomic E-state index is 11.9. The summed E-state index contributed by atoms with van der Waals surface area (Å²) in [6, 6.07) is 0.635. The molecule has 2 atom stereocenters. The molecule has 8 heteroatoms.